The highest BCUT2D eigenvalue weighted by molar-refractivity contribution is 8.00. The molecule has 0 aliphatic heterocycles. The molecule has 8 nitrogen and oxygen atoms in total. The Labute approximate surface area is 302 Å². The molecule has 5 rings (SSSR count). The SMILES string of the molecule is CCOc1ccccc1/C=C(/NC(=O)c1ccccc1)C(=O)Nc1cccc(SC(CC)C(=O)Nc2nc(-c3ccc(Cl)cc3Cl)cs2)c1. The van der Waals surface area contributed by atoms with Crippen LogP contribution in [-0.2, 0) is 9.59 Å². The summed E-state index contributed by atoms with van der Waals surface area (Å²) in [6.45, 7) is 4.24. The fraction of sp³-hybridized carbons (Fsp3) is 0.135. The van der Waals surface area contributed by atoms with E-state index in [2.05, 4.69) is 20.9 Å². The summed E-state index contributed by atoms with van der Waals surface area (Å²) in [6.07, 6.45) is 2.13. The highest BCUT2D eigenvalue weighted by Crippen LogP contribution is 2.34. The molecule has 3 N–H and O–H groups in total. The quantitative estimate of drug-likeness (QED) is 0.0823. The number of halogens is 2. The second kappa shape index (κ2) is 17.2. The summed E-state index contributed by atoms with van der Waals surface area (Å²) in [7, 11) is 0. The second-order valence-corrected chi connectivity index (χ2v) is 13.5. The first-order chi connectivity index (χ1) is 23.7. The number of anilines is 2. The van der Waals surface area contributed by atoms with Gasteiger partial charge in [-0.05, 0) is 74.0 Å². The number of thioether (sulfide) groups is 1. The summed E-state index contributed by atoms with van der Waals surface area (Å²) in [5.41, 5.74) is 2.93. The minimum absolute atomic E-state index is 0.0348. The molecule has 0 radical (unpaired) electrons. The summed E-state index contributed by atoms with van der Waals surface area (Å²) in [4.78, 5) is 45.4. The molecule has 4 aromatic carbocycles. The Morgan fingerprint density at radius 2 is 1.69 bits per heavy atom. The van der Waals surface area contributed by atoms with E-state index in [1.807, 2.05) is 43.5 Å². The lowest BCUT2D eigenvalue weighted by Crippen LogP contribution is -2.30. The van der Waals surface area contributed by atoms with Crippen molar-refractivity contribution in [2.24, 2.45) is 0 Å². The molecule has 3 amide bonds. The number of benzene rings is 4. The van der Waals surface area contributed by atoms with E-state index < -0.39 is 17.1 Å². The molecule has 0 saturated heterocycles. The number of amides is 3. The van der Waals surface area contributed by atoms with Crippen LogP contribution in [-0.4, -0.2) is 34.6 Å². The molecule has 0 spiro atoms. The first kappa shape index (κ1) is 35.7. The van der Waals surface area contributed by atoms with Crippen LogP contribution in [0.25, 0.3) is 17.3 Å². The van der Waals surface area contributed by atoms with E-state index in [4.69, 9.17) is 27.9 Å². The van der Waals surface area contributed by atoms with Gasteiger partial charge in [-0.25, -0.2) is 4.98 Å². The fourth-order valence-corrected chi connectivity index (χ4v) is 6.89. The lowest BCUT2D eigenvalue weighted by molar-refractivity contribution is -0.116. The molecular weight excluding hydrogens is 699 g/mol. The molecule has 49 heavy (non-hydrogen) atoms. The van der Waals surface area contributed by atoms with Crippen LogP contribution in [0.2, 0.25) is 10.0 Å². The van der Waals surface area contributed by atoms with Gasteiger partial charge in [0.2, 0.25) is 5.91 Å². The van der Waals surface area contributed by atoms with Gasteiger partial charge in [-0.1, -0.05) is 72.6 Å². The zero-order chi connectivity index (χ0) is 34.8. The first-order valence-corrected chi connectivity index (χ1v) is 17.8. The van der Waals surface area contributed by atoms with Crippen molar-refractivity contribution in [3.05, 3.63) is 129 Å². The summed E-state index contributed by atoms with van der Waals surface area (Å²) < 4.78 is 5.74. The highest BCUT2D eigenvalue weighted by atomic mass is 35.5. The van der Waals surface area contributed by atoms with Gasteiger partial charge in [-0.2, -0.15) is 0 Å². The van der Waals surface area contributed by atoms with E-state index in [0.29, 0.717) is 56.5 Å². The number of ether oxygens (including phenoxy) is 1. The minimum Gasteiger partial charge on any atom is -0.493 e. The number of carbonyl (C=O) groups excluding carboxylic acids is 3. The van der Waals surface area contributed by atoms with Crippen LogP contribution in [0.15, 0.2) is 113 Å². The summed E-state index contributed by atoms with van der Waals surface area (Å²) in [6, 6.07) is 28.3. The van der Waals surface area contributed by atoms with E-state index in [0.717, 1.165) is 10.5 Å². The number of hydrogen-bond acceptors (Lipinski definition) is 7. The maximum Gasteiger partial charge on any atom is 0.272 e. The normalized spacial score (nSPS) is 11.8. The van der Waals surface area contributed by atoms with Crippen molar-refractivity contribution in [1.29, 1.82) is 0 Å². The lowest BCUT2D eigenvalue weighted by Gasteiger charge is -2.15. The summed E-state index contributed by atoms with van der Waals surface area (Å²) >= 11 is 15.0. The number of rotatable bonds is 13. The standard InChI is InChI=1S/C37H32Cl2N4O4S2/c1-3-33(36(46)43-37-42-31(22-48-37)28-18-17-25(38)20-29(28)39)49-27-15-10-14-26(21-27)40-35(45)30(41-34(44)23-11-6-5-7-12-23)19-24-13-8-9-16-32(24)47-4-2/h5-22,33H,3-4H2,1-2H3,(H,40,45)(H,41,44)(H,42,43,46)/b30-19+. The van der Waals surface area contributed by atoms with Crippen LogP contribution < -0.4 is 20.7 Å². The van der Waals surface area contributed by atoms with Gasteiger partial charge in [0.05, 0.1) is 22.6 Å². The van der Waals surface area contributed by atoms with E-state index in [9.17, 15) is 14.4 Å². The van der Waals surface area contributed by atoms with Crippen LogP contribution in [0.5, 0.6) is 5.75 Å². The molecule has 0 fully saturated rings. The van der Waals surface area contributed by atoms with Crippen molar-refractivity contribution < 1.29 is 19.1 Å². The molecule has 0 saturated carbocycles. The van der Waals surface area contributed by atoms with Gasteiger partial charge in [0, 0.05) is 37.7 Å². The third kappa shape index (κ3) is 9.73. The third-order valence-electron chi connectivity index (χ3n) is 7.02. The topological polar surface area (TPSA) is 109 Å². The zero-order valence-electron chi connectivity index (χ0n) is 26.5. The van der Waals surface area contributed by atoms with Gasteiger partial charge in [0.15, 0.2) is 5.13 Å². The van der Waals surface area contributed by atoms with Crippen molar-refractivity contribution in [2.45, 2.75) is 30.4 Å². The molecule has 12 heteroatoms. The molecule has 1 heterocycles. The van der Waals surface area contributed by atoms with Gasteiger partial charge < -0.3 is 20.7 Å². The van der Waals surface area contributed by atoms with Crippen molar-refractivity contribution in [2.75, 3.05) is 17.2 Å². The average molecular weight is 732 g/mol. The Balaban J connectivity index is 1.30. The predicted octanol–water partition coefficient (Wildman–Crippen LogP) is 9.43. The smallest absolute Gasteiger partial charge is 0.272 e. The fourth-order valence-electron chi connectivity index (χ4n) is 4.65. The summed E-state index contributed by atoms with van der Waals surface area (Å²) in [5.74, 6) is -0.579. The maximum absolute atomic E-state index is 13.7. The van der Waals surface area contributed by atoms with Crippen LogP contribution in [0.1, 0.15) is 36.2 Å². The maximum atomic E-state index is 13.7. The molecule has 0 aliphatic carbocycles. The summed E-state index contributed by atoms with van der Waals surface area (Å²) in [5, 5.41) is 11.4. The molecule has 1 atom stereocenters. The molecule has 1 aromatic heterocycles. The van der Waals surface area contributed by atoms with Gasteiger partial charge in [0.25, 0.3) is 11.8 Å². The van der Waals surface area contributed by atoms with Crippen LogP contribution in [0.4, 0.5) is 10.8 Å². The average Bonchev–Trinajstić information content (AvgIpc) is 3.56. The second-order valence-electron chi connectivity index (χ2n) is 10.5. The molecule has 0 aliphatic rings. The van der Waals surface area contributed by atoms with Gasteiger partial charge in [0.1, 0.15) is 11.4 Å². The molecule has 1 unspecified atom stereocenters. The van der Waals surface area contributed by atoms with Gasteiger partial charge >= 0.3 is 0 Å². The highest BCUT2D eigenvalue weighted by Gasteiger charge is 2.21. The van der Waals surface area contributed by atoms with E-state index in [1.165, 1.54) is 23.1 Å². The number of para-hydroxylation sites is 1. The number of nitrogens with one attached hydrogen (secondary N) is 3. The van der Waals surface area contributed by atoms with Crippen LogP contribution in [0.3, 0.4) is 0 Å². The number of hydrogen-bond donors (Lipinski definition) is 3. The van der Waals surface area contributed by atoms with Gasteiger partial charge in [-0.15, -0.1) is 23.1 Å². The van der Waals surface area contributed by atoms with E-state index in [-0.39, 0.29) is 11.6 Å². The van der Waals surface area contributed by atoms with Crippen LogP contribution >= 0.6 is 46.3 Å². The largest absolute Gasteiger partial charge is 0.493 e. The minimum atomic E-state index is -0.525. The Morgan fingerprint density at radius 1 is 0.918 bits per heavy atom. The Hall–Kier alpha value is -4.61. The first-order valence-electron chi connectivity index (χ1n) is 15.3. The number of nitrogens with zero attached hydrogens (tertiary/aromatic N) is 1. The van der Waals surface area contributed by atoms with Crippen molar-refractivity contribution in [3.63, 3.8) is 0 Å². The van der Waals surface area contributed by atoms with Crippen molar-refractivity contribution in [3.8, 4) is 17.0 Å². The lowest BCUT2D eigenvalue weighted by atomic mass is 10.1. The predicted molar refractivity (Wildman–Crippen MR) is 201 cm³/mol. The number of thiazole rings is 1. The third-order valence-corrected chi connectivity index (χ3v) is 9.69. The zero-order valence-corrected chi connectivity index (χ0v) is 29.7. The van der Waals surface area contributed by atoms with Crippen molar-refractivity contribution >= 4 is 80.9 Å². The molecule has 0 bridgehead atoms. The monoisotopic (exact) mass is 730 g/mol. The Bertz CT molecular complexity index is 1980. The van der Waals surface area contributed by atoms with Gasteiger partial charge in [-0.3, -0.25) is 14.4 Å². The van der Waals surface area contributed by atoms with Crippen LogP contribution in [0, 0.1) is 0 Å². The van der Waals surface area contributed by atoms with E-state index in [1.54, 1.807) is 78.9 Å². The molecular formula is C37H32Cl2N4O4S2. The van der Waals surface area contributed by atoms with E-state index >= 15 is 0 Å². The number of carbonyl (C=O) groups is 3. The molecule has 250 valence electrons. The Kier molecular flexibility index (Phi) is 12.5. The number of aromatic nitrogens is 1. The molecule has 5 aromatic rings. The van der Waals surface area contributed by atoms with Crippen molar-refractivity contribution in [1.82, 2.24) is 10.3 Å². The Morgan fingerprint density at radius 3 is 2.45 bits per heavy atom.